The number of rotatable bonds is 1. The normalized spacial score (nSPS) is 21.7. The van der Waals surface area contributed by atoms with Crippen molar-refractivity contribution in [1.29, 1.82) is 0 Å². The Hall–Kier alpha value is -1.63. The zero-order chi connectivity index (χ0) is 10.8. The van der Waals surface area contributed by atoms with Gasteiger partial charge in [0.2, 0.25) is 5.82 Å². The zero-order valence-electron chi connectivity index (χ0n) is 8.41. The van der Waals surface area contributed by atoms with E-state index < -0.39 is 11.2 Å². The van der Waals surface area contributed by atoms with Crippen LogP contribution in [0, 0.1) is 0 Å². The summed E-state index contributed by atoms with van der Waals surface area (Å²) in [4.78, 5) is 26.3. The number of nitrogens with zero attached hydrogens (tertiary/aromatic N) is 2. The van der Waals surface area contributed by atoms with Gasteiger partial charge in [0.05, 0.1) is 0 Å². The summed E-state index contributed by atoms with van der Waals surface area (Å²) in [5.74, 6) is 0.281. The van der Waals surface area contributed by atoms with Gasteiger partial charge in [-0.2, -0.15) is 0 Å². The van der Waals surface area contributed by atoms with Crippen LogP contribution in [-0.4, -0.2) is 40.9 Å². The lowest BCUT2D eigenvalue weighted by Gasteiger charge is -2.33. The monoisotopic (exact) mass is 211 g/mol. The highest BCUT2D eigenvalue weighted by Crippen LogP contribution is 2.08. The second kappa shape index (κ2) is 3.85. The van der Waals surface area contributed by atoms with Gasteiger partial charge in [-0.25, -0.2) is 9.89 Å². The largest absolute Gasteiger partial charge is 0.345 e. The van der Waals surface area contributed by atoms with Crippen LogP contribution in [0.5, 0.6) is 0 Å². The summed E-state index contributed by atoms with van der Waals surface area (Å²) < 4.78 is 0. The average Bonchev–Trinajstić information content (AvgIpc) is 2.20. The van der Waals surface area contributed by atoms with Gasteiger partial charge in [0.1, 0.15) is 0 Å². The Balaban J connectivity index is 2.36. The van der Waals surface area contributed by atoms with E-state index in [2.05, 4.69) is 20.5 Å². The van der Waals surface area contributed by atoms with E-state index in [1.807, 2.05) is 11.8 Å². The molecule has 1 aromatic rings. The summed E-state index contributed by atoms with van der Waals surface area (Å²) in [6.07, 6.45) is 0. The molecule has 1 aromatic heterocycles. The van der Waals surface area contributed by atoms with Crippen LogP contribution in [0.25, 0.3) is 0 Å². The van der Waals surface area contributed by atoms with Gasteiger partial charge in [0, 0.05) is 25.7 Å². The van der Waals surface area contributed by atoms with E-state index in [0.29, 0.717) is 6.54 Å². The Kier molecular flexibility index (Phi) is 2.55. The summed E-state index contributed by atoms with van der Waals surface area (Å²) in [6.45, 7) is 4.33. The summed E-state index contributed by atoms with van der Waals surface area (Å²) in [6, 6.07) is 0.193. The number of anilines is 1. The first kappa shape index (κ1) is 9.91. The highest BCUT2D eigenvalue weighted by Gasteiger charge is 2.21. The fraction of sp³-hybridized carbons (Fsp3) is 0.625. The third-order valence-corrected chi connectivity index (χ3v) is 2.47. The van der Waals surface area contributed by atoms with Crippen LogP contribution < -0.4 is 21.5 Å². The van der Waals surface area contributed by atoms with Crippen LogP contribution in [-0.2, 0) is 0 Å². The molecule has 0 aliphatic carbocycles. The summed E-state index contributed by atoms with van der Waals surface area (Å²) in [7, 11) is 0. The van der Waals surface area contributed by atoms with Crippen molar-refractivity contribution in [2.24, 2.45) is 0 Å². The molecule has 7 nitrogen and oxygen atoms in total. The van der Waals surface area contributed by atoms with Gasteiger partial charge in [-0.1, -0.05) is 0 Å². The Labute approximate surface area is 85.5 Å². The van der Waals surface area contributed by atoms with Gasteiger partial charge in [-0.15, -0.1) is 5.10 Å². The standard InChI is InChI=1S/C8H13N5O2/c1-5-4-9-2-3-13(5)6-7(14)10-8(15)12-11-6/h5,9H,2-4H2,1H3,(H2,10,12,14,15). The van der Waals surface area contributed by atoms with Crippen LogP contribution >= 0.6 is 0 Å². The quantitative estimate of drug-likeness (QED) is 0.512. The minimum absolute atomic E-state index is 0.193. The van der Waals surface area contributed by atoms with E-state index in [1.165, 1.54) is 0 Å². The van der Waals surface area contributed by atoms with Crippen molar-refractivity contribution in [3.8, 4) is 0 Å². The minimum Gasteiger partial charge on any atom is -0.345 e. The number of aromatic amines is 2. The fourth-order valence-corrected chi connectivity index (χ4v) is 1.69. The molecule has 0 radical (unpaired) electrons. The molecule has 3 N–H and O–H groups in total. The lowest BCUT2D eigenvalue weighted by molar-refractivity contribution is 0.493. The van der Waals surface area contributed by atoms with Gasteiger partial charge >= 0.3 is 5.69 Å². The molecule has 15 heavy (non-hydrogen) atoms. The maximum absolute atomic E-state index is 11.5. The number of hydrogen-bond acceptors (Lipinski definition) is 5. The molecule has 1 aliphatic heterocycles. The molecule has 2 rings (SSSR count). The Morgan fingerprint density at radius 1 is 1.47 bits per heavy atom. The van der Waals surface area contributed by atoms with Gasteiger partial charge in [0.25, 0.3) is 5.56 Å². The third-order valence-electron chi connectivity index (χ3n) is 2.47. The molecule has 1 atom stereocenters. The predicted molar refractivity (Wildman–Crippen MR) is 55.2 cm³/mol. The molecule has 0 aromatic carbocycles. The summed E-state index contributed by atoms with van der Waals surface area (Å²) >= 11 is 0. The fourth-order valence-electron chi connectivity index (χ4n) is 1.69. The van der Waals surface area contributed by atoms with Crippen molar-refractivity contribution in [2.75, 3.05) is 24.5 Å². The first-order valence-corrected chi connectivity index (χ1v) is 4.85. The lowest BCUT2D eigenvalue weighted by Crippen LogP contribution is -2.52. The van der Waals surface area contributed by atoms with Gasteiger partial charge in [0.15, 0.2) is 0 Å². The molecule has 1 aliphatic rings. The number of aromatic nitrogens is 3. The molecule has 1 fully saturated rings. The number of nitrogens with one attached hydrogen (secondary N) is 3. The molecule has 0 saturated carbocycles. The Morgan fingerprint density at radius 2 is 2.27 bits per heavy atom. The lowest BCUT2D eigenvalue weighted by atomic mass is 10.2. The van der Waals surface area contributed by atoms with Crippen LogP contribution in [0.4, 0.5) is 5.82 Å². The van der Waals surface area contributed by atoms with Crippen molar-refractivity contribution in [3.63, 3.8) is 0 Å². The van der Waals surface area contributed by atoms with Crippen LogP contribution in [0.15, 0.2) is 9.59 Å². The second-order valence-corrected chi connectivity index (χ2v) is 3.58. The van der Waals surface area contributed by atoms with E-state index in [-0.39, 0.29) is 11.9 Å². The van der Waals surface area contributed by atoms with Crippen molar-refractivity contribution in [3.05, 3.63) is 20.8 Å². The molecular formula is C8H13N5O2. The highest BCUT2D eigenvalue weighted by molar-refractivity contribution is 5.36. The molecular weight excluding hydrogens is 198 g/mol. The molecule has 1 saturated heterocycles. The SMILES string of the molecule is CC1CNCCN1c1n[nH]c(=O)[nH]c1=O. The topological polar surface area (TPSA) is 93.9 Å². The predicted octanol–water partition coefficient (Wildman–Crippen LogP) is -1.74. The van der Waals surface area contributed by atoms with Crippen LogP contribution in [0.2, 0.25) is 0 Å². The average molecular weight is 211 g/mol. The first-order valence-electron chi connectivity index (χ1n) is 4.85. The van der Waals surface area contributed by atoms with E-state index in [9.17, 15) is 9.59 Å². The summed E-state index contributed by atoms with van der Waals surface area (Å²) in [5, 5.41) is 9.22. The van der Waals surface area contributed by atoms with E-state index in [1.54, 1.807) is 0 Å². The van der Waals surface area contributed by atoms with Crippen molar-refractivity contribution in [2.45, 2.75) is 13.0 Å². The number of piperazine rings is 1. The van der Waals surface area contributed by atoms with Gasteiger partial charge < -0.3 is 10.2 Å². The molecule has 0 spiro atoms. The Bertz CT molecular complexity index is 451. The van der Waals surface area contributed by atoms with Crippen molar-refractivity contribution >= 4 is 5.82 Å². The number of H-pyrrole nitrogens is 2. The molecule has 1 unspecified atom stereocenters. The minimum atomic E-state index is -0.577. The zero-order valence-corrected chi connectivity index (χ0v) is 8.41. The molecule has 7 heteroatoms. The van der Waals surface area contributed by atoms with Crippen LogP contribution in [0.1, 0.15) is 6.92 Å². The maximum atomic E-state index is 11.5. The van der Waals surface area contributed by atoms with Crippen LogP contribution in [0.3, 0.4) is 0 Å². The van der Waals surface area contributed by atoms with Gasteiger partial charge in [-0.3, -0.25) is 9.78 Å². The first-order chi connectivity index (χ1) is 7.18. The molecule has 0 amide bonds. The van der Waals surface area contributed by atoms with E-state index >= 15 is 0 Å². The summed E-state index contributed by atoms with van der Waals surface area (Å²) in [5.41, 5.74) is -1.01. The third kappa shape index (κ3) is 1.91. The van der Waals surface area contributed by atoms with Crippen molar-refractivity contribution in [1.82, 2.24) is 20.5 Å². The Morgan fingerprint density at radius 3 is 2.93 bits per heavy atom. The van der Waals surface area contributed by atoms with Crippen molar-refractivity contribution < 1.29 is 0 Å². The molecule has 82 valence electrons. The smallest absolute Gasteiger partial charge is 0.342 e. The molecule has 2 heterocycles. The number of hydrogen-bond donors (Lipinski definition) is 3. The molecule has 0 bridgehead atoms. The highest BCUT2D eigenvalue weighted by atomic mass is 16.2. The van der Waals surface area contributed by atoms with E-state index in [0.717, 1.165) is 13.1 Å². The second-order valence-electron chi connectivity index (χ2n) is 3.58. The maximum Gasteiger partial charge on any atom is 0.342 e. The van der Waals surface area contributed by atoms with Gasteiger partial charge in [-0.05, 0) is 6.92 Å². The van der Waals surface area contributed by atoms with E-state index in [4.69, 9.17) is 0 Å².